The van der Waals surface area contributed by atoms with Gasteiger partial charge in [0.15, 0.2) is 0 Å². The summed E-state index contributed by atoms with van der Waals surface area (Å²) in [6, 6.07) is 1.35. The average molecular weight is 181 g/mol. The summed E-state index contributed by atoms with van der Waals surface area (Å²) in [5, 5.41) is 11.7. The van der Waals surface area contributed by atoms with E-state index in [0.29, 0.717) is 5.69 Å². The van der Waals surface area contributed by atoms with Gasteiger partial charge in [0.25, 0.3) is 0 Å². The largest absolute Gasteiger partial charge is 0.509 e. The summed E-state index contributed by atoms with van der Waals surface area (Å²) >= 11 is 0. The first-order chi connectivity index (χ1) is 6.43. The van der Waals surface area contributed by atoms with Crippen molar-refractivity contribution in [3.63, 3.8) is 0 Å². The Morgan fingerprint density at radius 3 is 2.43 bits per heavy atom. The fourth-order valence-electron chi connectivity index (χ4n) is 1.02. The van der Waals surface area contributed by atoms with Crippen LogP contribution in [-0.4, -0.2) is 34.6 Å². The summed E-state index contributed by atoms with van der Waals surface area (Å²) in [6.45, 7) is 1.33. The van der Waals surface area contributed by atoms with Crippen molar-refractivity contribution >= 4 is 51.5 Å². The van der Waals surface area contributed by atoms with Gasteiger partial charge in [-0.3, -0.25) is 4.79 Å². The first-order valence-electron chi connectivity index (χ1n) is 3.87. The fraction of sp³-hybridized carbons (Fsp3) is 0.125. The topological polar surface area (TPSA) is 49.3 Å². The third-order valence-corrected chi connectivity index (χ3v) is 1.72. The Hall–Kier alpha value is -1.32. The molecule has 1 amide bonds. The van der Waals surface area contributed by atoms with Crippen LogP contribution in [0.15, 0.2) is 6.07 Å². The lowest BCUT2D eigenvalue weighted by atomic mass is 9.75. The lowest BCUT2D eigenvalue weighted by Crippen LogP contribution is -2.34. The number of aromatic hydroxyl groups is 1. The van der Waals surface area contributed by atoms with Crippen molar-refractivity contribution in [2.45, 2.75) is 6.92 Å². The van der Waals surface area contributed by atoms with Crippen molar-refractivity contribution in [1.82, 2.24) is 0 Å². The number of hydrogen-bond acceptors (Lipinski definition) is 2. The third kappa shape index (κ3) is 1.95. The van der Waals surface area contributed by atoms with Gasteiger partial charge in [0, 0.05) is 12.6 Å². The molecule has 0 spiro atoms. The molecule has 0 aromatic heterocycles. The van der Waals surface area contributed by atoms with E-state index in [4.69, 9.17) is 23.5 Å². The second-order valence-corrected chi connectivity index (χ2v) is 2.87. The van der Waals surface area contributed by atoms with Gasteiger partial charge in [-0.05, 0) is 6.07 Å². The van der Waals surface area contributed by atoms with Crippen LogP contribution in [0.5, 0.6) is 5.75 Å². The highest BCUT2D eigenvalue weighted by Gasteiger charge is 2.08. The Kier molecular flexibility index (Phi) is 2.94. The minimum Gasteiger partial charge on any atom is -0.509 e. The molecule has 0 aliphatic heterocycles. The van der Waals surface area contributed by atoms with Crippen LogP contribution < -0.4 is 21.7 Å². The molecular weight excluding hydrogens is 175 g/mol. The van der Waals surface area contributed by atoms with Gasteiger partial charge in [0.1, 0.15) is 29.3 Å². The van der Waals surface area contributed by atoms with Crippen molar-refractivity contribution in [3.8, 4) is 5.75 Å². The number of amides is 1. The molecule has 0 unspecified atom stereocenters. The monoisotopic (exact) mass is 181 g/mol. The van der Waals surface area contributed by atoms with Crippen LogP contribution in [0.25, 0.3) is 0 Å². The molecule has 6 radical (unpaired) electrons. The van der Waals surface area contributed by atoms with Crippen LogP contribution in [0.4, 0.5) is 5.69 Å². The molecule has 0 atom stereocenters. The molecule has 1 aromatic carbocycles. The van der Waals surface area contributed by atoms with Crippen LogP contribution in [0.2, 0.25) is 0 Å². The summed E-state index contributed by atoms with van der Waals surface area (Å²) in [6.07, 6.45) is 0. The van der Waals surface area contributed by atoms with Crippen molar-refractivity contribution < 1.29 is 9.90 Å². The highest BCUT2D eigenvalue weighted by molar-refractivity contribution is 6.54. The Morgan fingerprint density at radius 1 is 1.36 bits per heavy atom. The number of carbonyl (C=O) groups excluding carboxylic acids is 1. The molecule has 0 aliphatic carbocycles. The maximum Gasteiger partial charge on any atom is 0.221 e. The van der Waals surface area contributed by atoms with E-state index in [1.807, 2.05) is 0 Å². The maximum absolute atomic E-state index is 10.8. The number of carbonyl (C=O) groups is 1. The van der Waals surface area contributed by atoms with Gasteiger partial charge in [-0.25, -0.2) is 0 Å². The number of anilines is 1. The SMILES string of the molecule is [B]c1cc(NC(C)=O)c([B])c([B])c1O. The lowest BCUT2D eigenvalue weighted by molar-refractivity contribution is -0.114. The summed E-state index contributed by atoms with van der Waals surface area (Å²) in [5.74, 6) is -0.558. The molecule has 3 nitrogen and oxygen atoms in total. The van der Waals surface area contributed by atoms with E-state index < -0.39 is 0 Å². The van der Waals surface area contributed by atoms with Crippen molar-refractivity contribution in [1.29, 1.82) is 0 Å². The zero-order valence-electron chi connectivity index (χ0n) is 7.66. The molecule has 1 aromatic rings. The standard InChI is InChI=1S/C8H6B3NO2/c1-3(13)12-5-2-4(9)8(14)7(11)6(5)10/h2,14H,1H3,(H,12,13). The van der Waals surface area contributed by atoms with Gasteiger partial charge in [0.05, 0.1) is 0 Å². The summed E-state index contributed by atoms with van der Waals surface area (Å²) in [7, 11) is 16.4. The predicted octanol–water partition coefficient (Wildman–Crippen LogP) is -2.27. The molecule has 0 heterocycles. The zero-order chi connectivity index (χ0) is 10.9. The molecule has 0 saturated heterocycles. The second kappa shape index (κ2) is 3.82. The average Bonchev–Trinajstić information content (AvgIpc) is 2.10. The first-order valence-corrected chi connectivity index (χ1v) is 3.87. The van der Waals surface area contributed by atoms with E-state index in [9.17, 15) is 9.90 Å². The van der Waals surface area contributed by atoms with E-state index in [1.165, 1.54) is 13.0 Å². The van der Waals surface area contributed by atoms with E-state index in [-0.39, 0.29) is 28.0 Å². The quantitative estimate of drug-likeness (QED) is 0.378. The molecule has 0 saturated carbocycles. The highest BCUT2D eigenvalue weighted by Crippen LogP contribution is 2.04. The number of hydrogen-bond donors (Lipinski definition) is 2. The Morgan fingerprint density at radius 2 is 1.93 bits per heavy atom. The van der Waals surface area contributed by atoms with Crippen LogP contribution in [0.3, 0.4) is 0 Å². The molecule has 0 fully saturated rings. The van der Waals surface area contributed by atoms with Crippen molar-refractivity contribution in [3.05, 3.63) is 6.07 Å². The molecule has 0 aliphatic rings. The number of phenols is 1. The van der Waals surface area contributed by atoms with Crippen LogP contribution in [-0.2, 0) is 4.79 Å². The van der Waals surface area contributed by atoms with Gasteiger partial charge in [-0.15, -0.1) is 0 Å². The van der Waals surface area contributed by atoms with Gasteiger partial charge in [0.2, 0.25) is 5.91 Å². The molecule has 1 rings (SSSR count). The maximum atomic E-state index is 10.8. The number of nitrogens with one attached hydrogen (secondary N) is 1. The Labute approximate surface area is 86.1 Å². The molecule has 0 bridgehead atoms. The van der Waals surface area contributed by atoms with Crippen LogP contribution in [0, 0.1) is 0 Å². The molecule has 2 N–H and O–H groups in total. The Balaban J connectivity index is 3.25. The lowest BCUT2D eigenvalue weighted by Gasteiger charge is -2.14. The smallest absolute Gasteiger partial charge is 0.221 e. The summed E-state index contributed by atoms with van der Waals surface area (Å²) < 4.78 is 0. The second-order valence-electron chi connectivity index (χ2n) is 2.87. The summed E-state index contributed by atoms with van der Waals surface area (Å²) in [4.78, 5) is 10.8. The van der Waals surface area contributed by atoms with Crippen molar-refractivity contribution in [2.75, 3.05) is 5.32 Å². The highest BCUT2D eigenvalue weighted by atomic mass is 16.3. The molecule has 14 heavy (non-hydrogen) atoms. The van der Waals surface area contributed by atoms with Gasteiger partial charge in [-0.2, -0.15) is 0 Å². The van der Waals surface area contributed by atoms with Gasteiger partial charge >= 0.3 is 0 Å². The fourth-order valence-corrected chi connectivity index (χ4v) is 1.02. The van der Waals surface area contributed by atoms with Crippen molar-refractivity contribution in [2.24, 2.45) is 0 Å². The van der Waals surface area contributed by atoms with E-state index in [0.717, 1.165) is 0 Å². The van der Waals surface area contributed by atoms with E-state index in [2.05, 4.69) is 5.32 Å². The third-order valence-electron chi connectivity index (χ3n) is 1.72. The molecular formula is C8H6B3NO2. The predicted molar refractivity (Wildman–Crippen MR) is 58.6 cm³/mol. The van der Waals surface area contributed by atoms with E-state index in [1.54, 1.807) is 0 Å². The minimum absolute atomic E-state index is 0.0336. The number of rotatable bonds is 1. The first kappa shape index (κ1) is 10.8. The number of benzene rings is 1. The van der Waals surface area contributed by atoms with Gasteiger partial charge in [-0.1, -0.05) is 16.4 Å². The Bertz CT molecular complexity index is 393. The van der Waals surface area contributed by atoms with Crippen LogP contribution in [0.1, 0.15) is 6.92 Å². The normalized spacial score (nSPS) is 9.79. The zero-order valence-corrected chi connectivity index (χ0v) is 7.66. The van der Waals surface area contributed by atoms with Gasteiger partial charge < -0.3 is 10.4 Å². The number of phenolic OH excluding ortho intramolecular Hbond substituents is 1. The van der Waals surface area contributed by atoms with E-state index >= 15 is 0 Å². The molecule has 6 heteroatoms. The molecule has 64 valence electrons. The summed E-state index contributed by atoms with van der Waals surface area (Å²) in [5.41, 5.74) is 0.436. The van der Waals surface area contributed by atoms with Crippen LogP contribution >= 0.6 is 0 Å². The minimum atomic E-state index is -0.291.